The second kappa shape index (κ2) is 5.66. The molecule has 0 atom stereocenters. The molecule has 0 unspecified atom stereocenters. The van der Waals surface area contributed by atoms with Gasteiger partial charge in [-0.2, -0.15) is 15.0 Å². The van der Waals surface area contributed by atoms with Gasteiger partial charge in [0.15, 0.2) is 0 Å². The molecule has 0 spiro atoms. The maximum absolute atomic E-state index is 5.94. The van der Waals surface area contributed by atoms with Crippen LogP contribution >= 0.6 is 11.6 Å². The highest BCUT2D eigenvalue weighted by Crippen LogP contribution is 2.32. The molecule has 3 rings (SSSR count). The van der Waals surface area contributed by atoms with Gasteiger partial charge in [0.25, 0.3) is 0 Å². The van der Waals surface area contributed by atoms with Crippen LogP contribution in [0.1, 0.15) is 25.5 Å². The first kappa shape index (κ1) is 13.2. The van der Waals surface area contributed by atoms with E-state index in [1.165, 1.54) is 0 Å². The molecule has 1 saturated carbocycles. The Morgan fingerprint density at radius 3 is 2.90 bits per heavy atom. The van der Waals surface area contributed by atoms with Crippen molar-refractivity contribution in [3.63, 3.8) is 0 Å². The zero-order valence-electron chi connectivity index (χ0n) is 11.1. The molecule has 7 heteroatoms. The fourth-order valence-corrected chi connectivity index (χ4v) is 2.11. The third-order valence-electron chi connectivity index (χ3n) is 3.00. The molecule has 0 saturated heterocycles. The van der Waals surface area contributed by atoms with Crippen molar-refractivity contribution in [2.45, 2.75) is 32.4 Å². The second-order valence-electron chi connectivity index (χ2n) is 4.56. The lowest BCUT2D eigenvalue weighted by Crippen LogP contribution is -2.27. The van der Waals surface area contributed by atoms with Gasteiger partial charge in [-0.05, 0) is 43.5 Å². The largest absolute Gasteiger partial charge is 0.467 e. The van der Waals surface area contributed by atoms with Crippen LogP contribution in [0.3, 0.4) is 0 Å². The zero-order chi connectivity index (χ0) is 13.9. The number of aromatic nitrogens is 3. The van der Waals surface area contributed by atoms with Crippen LogP contribution in [0.5, 0.6) is 6.01 Å². The molecule has 0 bridgehead atoms. The van der Waals surface area contributed by atoms with Crippen LogP contribution in [-0.4, -0.2) is 27.6 Å². The van der Waals surface area contributed by atoms with E-state index in [4.69, 9.17) is 20.8 Å². The lowest BCUT2D eigenvalue weighted by molar-refractivity contribution is 0.311. The van der Waals surface area contributed by atoms with Crippen molar-refractivity contribution in [1.29, 1.82) is 0 Å². The molecule has 2 aromatic heterocycles. The van der Waals surface area contributed by atoms with Gasteiger partial charge in [0, 0.05) is 6.04 Å². The predicted molar refractivity (Wildman–Crippen MR) is 73.9 cm³/mol. The van der Waals surface area contributed by atoms with Crippen molar-refractivity contribution in [1.82, 2.24) is 15.0 Å². The molecular formula is C13H15ClN4O2. The topological polar surface area (TPSA) is 64.3 Å². The lowest BCUT2D eigenvalue weighted by atomic mass is 10.4. The Bertz CT molecular complexity index is 572. The maximum Gasteiger partial charge on any atom is 0.322 e. The van der Waals surface area contributed by atoms with Gasteiger partial charge in [-0.15, -0.1) is 0 Å². The highest BCUT2D eigenvalue weighted by Gasteiger charge is 2.32. The van der Waals surface area contributed by atoms with Crippen LogP contribution in [0.2, 0.25) is 5.28 Å². The van der Waals surface area contributed by atoms with Crippen LogP contribution in [0, 0.1) is 0 Å². The average molecular weight is 295 g/mol. The van der Waals surface area contributed by atoms with E-state index in [9.17, 15) is 0 Å². The molecule has 6 nitrogen and oxygen atoms in total. The van der Waals surface area contributed by atoms with Crippen LogP contribution in [0.15, 0.2) is 22.8 Å². The molecule has 0 N–H and O–H groups in total. The summed E-state index contributed by atoms with van der Waals surface area (Å²) < 4.78 is 10.7. The number of furan rings is 1. The van der Waals surface area contributed by atoms with Gasteiger partial charge in [0.05, 0.1) is 19.4 Å². The Labute approximate surface area is 121 Å². The number of hydrogen-bond donors (Lipinski definition) is 0. The molecule has 0 radical (unpaired) electrons. The zero-order valence-corrected chi connectivity index (χ0v) is 11.9. The predicted octanol–water partition coefficient (Wildman–Crippen LogP) is 2.69. The molecule has 2 heterocycles. The number of halogens is 1. The third kappa shape index (κ3) is 3.01. The van der Waals surface area contributed by atoms with Gasteiger partial charge in [-0.3, -0.25) is 0 Å². The molecule has 20 heavy (non-hydrogen) atoms. The summed E-state index contributed by atoms with van der Waals surface area (Å²) in [5.74, 6) is 1.40. The summed E-state index contributed by atoms with van der Waals surface area (Å²) in [6.45, 7) is 2.98. The number of ether oxygens (including phenoxy) is 1. The van der Waals surface area contributed by atoms with Crippen LogP contribution in [0.4, 0.5) is 5.95 Å². The fourth-order valence-electron chi connectivity index (χ4n) is 1.96. The minimum atomic E-state index is 0.142. The Kier molecular flexibility index (Phi) is 3.73. The summed E-state index contributed by atoms with van der Waals surface area (Å²) in [4.78, 5) is 14.6. The Hall–Kier alpha value is -1.82. The van der Waals surface area contributed by atoms with Crippen molar-refractivity contribution in [2.75, 3.05) is 11.5 Å². The maximum atomic E-state index is 5.94. The van der Waals surface area contributed by atoms with E-state index in [2.05, 4.69) is 19.9 Å². The molecule has 0 amide bonds. The first-order valence-electron chi connectivity index (χ1n) is 6.59. The number of hydrogen-bond acceptors (Lipinski definition) is 6. The van der Waals surface area contributed by atoms with Gasteiger partial charge in [-0.25, -0.2) is 0 Å². The molecule has 0 aromatic carbocycles. The first-order valence-corrected chi connectivity index (χ1v) is 6.97. The summed E-state index contributed by atoms with van der Waals surface area (Å²) in [5.41, 5.74) is 0. The molecule has 106 valence electrons. The fraction of sp³-hybridized carbons (Fsp3) is 0.462. The molecule has 1 aliphatic rings. The van der Waals surface area contributed by atoms with Crippen LogP contribution in [-0.2, 0) is 6.54 Å². The summed E-state index contributed by atoms with van der Waals surface area (Å²) in [6, 6.07) is 4.48. The van der Waals surface area contributed by atoms with Gasteiger partial charge < -0.3 is 14.1 Å². The first-order chi connectivity index (χ1) is 9.76. The van der Waals surface area contributed by atoms with Gasteiger partial charge in [0.1, 0.15) is 5.76 Å². The van der Waals surface area contributed by atoms with Gasteiger partial charge in [-0.1, -0.05) is 0 Å². The molecule has 1 aliphatic carbocycles. The smallest absolute Gasteiger partial charge is 0.322 e. The normalized spacial score (nSPS) is 14.3. The SMILES string of the molecule is CCOc1nc(Cl)nc(N(Cc2ccco2)C2CC2)n1. The van der Waals surface area contributed by atoms with Crippen molar-refractivity contribution in [2.24, 2.45) is 0 Å². The average Bonchev–Trinajstić information content (AvgIpc) is 3.12. The Morgan fingerprint density at radius 1 is 1.40 bits per heavy atom. The van der Waals surface area contributed by atoms with E-state index in [-0.39, 0.29) is 11.3 Å². The standard InChI is InChI=1S/C13H15ClN4O2/c1-2-19-13-16-11(14)15-12(17-13)18(9-5-6-9)8-10-4-3-7-20-10/h3-4,7,9H,2,5-6,8H2,1H3. The molecule has 2 aromatic rings. The summed E-state index contributed by atoms with van der Waals surface area (Å²) in [6.07, 6.45) is 3.90. The highest BCUT2D eigenvalue weighted by molar-refractivity contribution is 6.28. The van der Waals surface area contributed by atoms with Crippen molar-refractivity contribution in [3.8, 4) is 6.01 Å². The molecular weight excluding hydrogens is 280 g/mol. The Morgan fingerprint density at radius 2 is 2.25 bits per heavy atom. The Balaban J connectivity index is 1.86. The summed E-state index contributed by atoms with van der Waals surface area (Å²) in [7, 11) is 0. The minimum absolute atomic E-state index is 0.142. The number of rotatable bonds is 6. The highest BCUT2D eigenvalue weighted by atomic mass is 35.5. The van der Waals surface area contributed by atoms with E-state index in [1.807, 2.05) is 19.1 Å². The second-order valence-corrected chi connectivity index (χ2v) is 4.90. The lowest BCUT2D eigenvalue weighted by Gasteiger charge is -2.21. The van der Waals surface area contributed by atoms with E-state index in [1.54, 1.807) is 6.26 Å². The van der Waals surface area contributed by atoms with E-state index in [0.29, 0.717) is 25.1 Å². The van der Waals surface area contributed by atoms with E-state index in [0.717, 1.165) is 18.6 Å². The monoisotopic (exact) mass is 294 g/mol. The van der Waals surface area contributed by atoms with Gasteiger partial charge in [0.2, 0.25) is 11.2 Å². The summed E-state index contributed by atoms with van der Waals surface area (Å²) >= 11 is 5.94. The number of anilines is 1. The van der Waals surface area contributed by atoms with Crippen LogP contribution in [0.25, 0.3) is 0 Å². The van der Waals surface area contributed by atoms with Gasteiger partial charge >= 0.3 is 6.01 Å². The molecule has 1 fully saturated rings. The van der Waals surface area contributed by atoms with Crippen molar-refractivity contribution in [3.05, 3.63) is 29.4 Å². The van der Waals surface area contributed by atoms with E-state index < -0.39 is 0 Å². The summed E-state index contributed by atoms with van der Waals surface area (Å²) in [5, 5.41) is 0.142. The third-order valence-corrected chi connectivity index (χ3v) is 3.17. The van der Waals surface area contributed by atoms with Crippen molar-refractivity contribution < 1.29 is 9.15 Å². The minimum Gasteiger partial charge on any atom is -0.467 e. The van der Waals surface area contributed by atoms with Crippen molar-refractivity contribution >= 4 is 17.5 Å². The molecule has 0 aliphatic heterocycles. The van der Waals surface area contributed by atoms with Crippen LogP contribution < -0.4 is 9.64 Å². The number of nitrogens with zero attached hydrogens (tertiary/aromatic N) is 4. The quantitative estimate of drug-likeness (QED) is 0.816. The van der Waals surface area contributed by atoms with E-state index >= 15 is 0 Å².